The third-order valence-electron chi connectivity index (χ3n) is 9.46. The maximum absolute atomic E-state index is 13.2. The number of carbonyl (C=O) groups excluding carboxylic acids is 2. The average molecular weight is 653 g/mol. The van der Waals surface area contributed by atoms with Gasteiger partial charge in [-0.15, -0.1) is 0 Å². The van der Waals surface area contributed by atoms with E-state index in [0.29, 0.717) is 53.8 Å². The molecule has 2 saturated heterocycles. The number of ether oxygens (including phenoxy) is 1. The van der Waals surface area contributed by atoms with Crippen LogP contribution in [-0.4, -0.2) is 78.3 Å². The quantitative estimate of drug-likeness (QED) is 0.258. The summed E-state index contributed by atoms with van der Waals surface area (Å²) in [5.74, 6) is -0.972. The summed E-state index contributed by atoms with van der Waals surface area (Å²) in [7, 11) is 0. The molecule has 1 aromatic heterocycles. The number of aromatic carboxylic acids is 1. The second kappa shape index (κ2) is 15.9. The van der Waals surface area contributed by atoms with Gasteiger partial charge in [0.2, 0.25) is 17.6 Å². The highest BCUT2D eigenvalue weighted by molar-refractivity contribution is 6.31. The normalized spacial score (nSPS) is 19.6. The molecule has 11 heteroatoms. The van der Waals surface area contributed by atoms with E-state index in [0.717, 1.165) is 70.4 Å². The summed E-state index contributed by atoms with van der Waals surface area (Å²) in [5.41, 5.74) is 7.07. The zero-order chi connectivity index (χ0) is 32.5. The molecule has 1 aliphatic carbocycles. The molecule has 248 valence electrons. The molecule has 0 bridgehead atoms. The number of amides is 2. The van der Waals surface area contributed by atoms with Gasteiger partial charge in [0, 0.05) is 42.6 Å². The largest absolute Gasteiger partial charge is 0.475 e. The number of hydrogen-bond donors (Lipinski definition) is 4. The Hall–Kier alpha value is -3.44. The lowest BCUT2D eigenvalue weighted by atomic mass is 9.93. The van der Waals surface area contributed by atoms with Gasteiger partial charge in [0.1, 0.15) is 11.6 Å². The van der Waals surface area contributed by atoms with Gasteiger partial charge in [-0.3, -0.25) is 9.59 Å². The van der Waals surface area contributed by atoms with Crippen molar-refractivity contribution in [1.29, 1.82) is 0 Å². The van der Waals surface area contributed by atoms with Gasteiger partial charge in [-0.2, -0.15) is 0 Å². The van der Waals surface area contributed by atoms with Crippen molar-refractivity contribution in [2.45, 2.75) is 75.4 Å². The summed E-state index contributed by atoms with van der Waals surface area (Å²) < 4.78 is 10.5. The van der Waals surface area contributed by atoms with Crippen LogP contribution < -0.4 is 16.4 Å². The molecule has 2 aliphatic heterocycles. The van der Waals surface area contributed by atoms with Crippen LogP contribution in [0.4, 0.5) is 0 Å². The van der Waals surface area contributed by atoms with Crippen molar-refractivity contribution in [2.75, 3.05) is 32.8 Å². The zero-order valence-corrected chi connectivity index (χ0v) is 27.0. The number of likely N-dealkylation sites (tertiary alicyclic amines) is 1. The fourth-order valence-electron chi connectivity index (χ4n) is 6.65. The van der Waals surface area contributed by atoms with E-state index < -0.39 is 17.6 Å². The molecule has 5 N–H and O–H groups in total. The summed E-state index contributed by atoms with van der Waals surface area (Å²) in [6, 6.07) is 16.3. The Kier molecular flexibility index (Phi) is 11.7. The third-order valence-corrected chi connectivity index (χ3v) is 9.70. The number of rotatable bonds is 9. The predicted molar refractivity (Wildman–Crippen MR) is 177 cm³/mol. The van der Waals surface area contributed by atoms with Gasteiger partial charge in [-0.05, 0) is 87.4 Å². The van der Waals surface area contributed by atoms with E-state index in [2.05, 4.69) is 15.5 Å². The molecule has 1 atom stereocenters. The van der Waals surface area contributed by atoms with Crippen molar-refractivity contribution < 1.29 is 28.6 Å². The first kappa shape index (κ1) is 33.9. The molecule has 1 saturated carbocycles. The minimum atomic E-state index is -1.08. The van der Waals surface area contributed by atoms with Crippen LogP contribution >= 0.6 is 11.6 Å². The number of benzene rings is 2. The molecule has 2 aromatic carbocycles. The number of halogens is 1. The molecule has 6 rings (SSSR count). The molecule has 3 fully saturated rings. The minimum absolute atomic E-state index is 0.0720. The molecule has 0 spiro atoms. The number of piperidine rings is 1. The maximum Gasteiger partial charge on any atom is 0.371 e. The number of carboxylic acid groups (broad SMARTS) is 1. The van der Waals surface area contributed by atoms with Gasteiger partial charge < -0.3 is 35.5 Å². The number of carboxylic acids is 1. The van der Waals surface area contributed by atoms with E-state index in [1.54, 1.807) is 18.2 Å². The van der Waals surface area contributed by atoms with Crippen LogP contribution in [0.25, 0.3) is 11.0 Å². The molecule has 10 nitrogen and oxygen atoms in total. The van der Waals surface area contributed by atoms with Gasteiger partial charge in [-0.1, -0.05) is 54.8 Å². The molecule has 0 unspecified atom stereocenters. The fraction of sp³-hybridized carbons (Fsp3) is 0.514. The second-order valence-corrected chi connectivity index (χ2v) is 13.2. The highest BCUT2D eigenvalue weighted by atomic mass is 35.5. The number of furan rings is 1. The number of nitrogens with two attached hydrogens (primary N) is 1. The Bertz CT molecular complexity index is 1460. The van der Waals surface area contributed by atoms with Gasteiger partial charge in [0.25, 0.3) is 0 Å². The minimum Gasteiger partial charge on any atom is -0.475 e. The topological polar surface area (TPSA) is 147 Å². The van der Waals surface area contributed by atoms with E-state index in [9.17, 15) is 14.4 Å². The molecule has 2 amide bonds. The first-order valence-corrected chi connectivity index (χ1v) is 16.7. The number of hydrogen-bond acceptors (Lipinski definition) is 7. The van der Waals surface area contributed by atoms with Gasteiger partial charge in [-0.25, -0.2) is 4.79 Å². The summed E-state index contributed by atoms with van der Waals surface area (Å²) in [6.07, 6.45) is 8.22. The molecule has 46 heavy (non-hydrogen) atoms. The molecular weight excluding hydrogens is 608 g/mol. The van der Waals surface area contributed by atoms with Crippen LogP contribution in [0.1, 0.15) is 67.5 Å². The lowest BCUT2D eigenvalue weighted by molar-refractivity contribution is -0.132. The molecule has 0 radical (unpaired) electrons. The Balaban J connectivity index is 0.000000266. The van der Waals surface area contributed by atoms with Gasteiger partial charge in [0.05, 0.1) is 5.54 Å². The third kappa shape index (κ3) is 9.09. The number of nitrogens with zero attached hydrogens (tertiary/aromatic N) is 1. The SMILES string of the molecule is NC1(C(=O)N[C@H](Cc2ccccc2)C(=O)NCC2CCN(C3CCOCC3)CC2)CCCC1.O=C(O)c1cc2cc(Cl)ccc2o1. The Morgan fingerprint density at radius 2 is 1.70 bits per heavy atom. The standard InChI is InChI=1S/C26H40N4O3.C9H5ClO3/c27-26(12-4-5-13-26)25(32)29-23(18-20-6-2-1-3-7-20)24(31)28-19-21-8-14-30(15-9-21)22-10-16-33-17-11-22;10-6-1-2-7-5(3-6)4-8(13-7)9(11)12/h1-3,6-7,21-23H,4-5,8-19,27H2,(H,28,31)(H,29,32);1-4H,(H,11,12)/t23-;/m1./s1. The number of carbonyl (C=O) groups is 3. The summed E-state index contributed by atoms with van der Waals surface area (Å²) >= 11 is 5.72. The molecule has 3 heterocycles. The Labute approximate surface area is 275 Å². The van der Waals surface area contributed by atoms with E-state index in [1.807, 2.05) is 30.3 Å². The van der Waals surface area contributed by atoms with E-state index in [-0.39, 0.29) is 17.6 Å². The number of nitrogens with one attached hydrogen (secondary N) is 2. The van der Waals surface area contributed by atoms with Gasteiger partial charge >= 0.3 is 5.97 Å². The Morgan fingerprint density at radius 1 is 1.00 bits per heavy atom. The van der Waals surface area contributed by atoms with E-state index in [4.69, 9.17) is 31.6 Å². The van der Waals surface area contributed by atoms with Crippen molar-refractivity contribution in [3.63, 3.8) is 0 Å². The monoisotopic (exact) mass is 652 g/mol. The van der Waals surface area contributed by atoms with Crippen LogP contribution in [0.3, 0.4) is 0 Å². The average Bonchev–Trinajstić information content (AvgIpc) is 3.72. The maximum atomic E-state index is 13.2. The van der Waals surface area contributed by atoms with E-state index in [1.165, 1.54) is 6.07 Å². The van der Waals surface area contributed by atoms with Crippen molar-refractivity contribution in [2.24, 2.45) is 11.7 Å². The summed E-state index contributed by atoms with van der Waals surface area (Å²) in [4.78, 5) is 39.2. The Morgan fingerprint density at radius 3 is 2.37 bits per heavy atom. The van der Waals surface area contributed by atoms with Crippen LogP contribution in [0, 0.1) is 5.92 Å². The van der Waals surface area contributed by atoms with Crippen molar-refractivity contribution in [3.05, 3.63) is 70.9 Å². The van der Waals surface area contributed by atoms with Crippen molar-refractivity contribution in [3.8, 4) is 0 Å². The lowest BCUT2D eigenvalue weighted by Gasteiger charge is -2.39. The summed E-state index contributed by atoms with van der Waals surface area (Å²) in [5, 5.41) is 16.0. The highest BCUT2D eigenvalue weighted by Gasteiger charge is 2.39. The number of fused-ring (bicyclic) bond motifs is 1. The van der Waals surface area contributed by atoms with E-state index >= 15 is 0 Å². The van der Waals surface area contributed by atoms with Crippen molar-refractivity contribution >= 4 is 40.4 Å². The van der Waals surface area contributed by atoms with Crippen LogP contribution in [0.5, 0.6) is 0 Å². The summed E-state index contributed by atoms with van der Waals surface area (Å²) in [6.45, 7) is 4.59. The van der Waals surface area contributed by atoms with Crippen LogP contribution in [-0.2, 0) is 20.7 Å². The molecular formula is C35H45ClN4O6. The second-order valence-electron chi connectivity index (χ2n) is 12.7. The highest BCUT2D eigenvalue weighted by Crippen LogP contribution is 2.28. The van der Waals surface area contributed by atoms with Crippen LogP contribution in [0.15, 0.2) is 59.0 Å². The predicted octanol–water partition coefficient (Wildman–Crippen LogP) is 4.78. The first-order valence-electron chi connectivity index (χ1n) is 16.4. The first-order chi connectivity index (χ1) is 22.2. The van der Waals surface area contributed by atoms with Crippen molar-refractivity contribution in [1.82, 2.24) is 15.5 Å². The fourth-order valence-corrected chi connectivity index (χ4v) is 6.83. The molecule has 3 aromatic rings. The smallest absolute Gasteiger partial charge is 0.371 e. The zero-order valence-electron chi connectivity index (χ0n) is 26.2. The van der Waals surface area contributed by atoms with Crippen LogP contribution in [0.2, 0.25) is 5.02 Å². The molecule has 3 aliphatic rings. The van der Waals surface area contributed by atoms with Gasteiger partial charge in [0.15, 0.2) is 0 Å². The lowest BCUT2D eigenvalue weighted by Crippen LogP contribution is -2.58.